The molecule has 198 valence electrons. The third-order valence-corrected chi connectivity index (χ3v) is 6.52. The first kappa shape index (κ1) is 25.9. The van der Waals surface area contributed by atoms with Gasteiger partial charge in [-0.25, -0.2) is 4.98 Å². The summed E-state index contributed by atoms with van der Waals surface area (Å²) < 4.78 is 0. The quantitative estimate of drug-likeness (QED) is 0.260. The first-order chi connectivity index (χ1) is 18.9. The van der Waals surface area contributed by atoms with Crippen LogP contribution >= 0.6 is 0 Å². The summed E-state index contributed by atoms with van der Waals surface area (Å²) >= 11 is 0. The number of aryl methyl sites for hydroxylation is 1. The molecule has 0 saturated heterocycles. The Morgan fingerprint density at radius 1 is 1.00 bits per heavy atom. The first-order valence-corrected chi connectivity index (χ1v) is 12.8. The predicted molar refractivity (Wildman–Crippen MR) is 149 cm³/mol. The van der Waals surface area contributed by atoms with Gasteiger partial charge in [0.15, 0.2) is 5.69 Å². The molecule has 10 heteroatoms. The number of nitrogens with one attached hydrogen (secondary N) is 3. The van der Waals surface area contributed by atoms with Crippen molar-refractivity contribution < 1.29 is 14.7 Å². The molecule has 4 aromatic rings. The largest absolute Gasteiger partial charge is 0.395 e. The predicted octanol–water partition coefficient (Wildman–Crippen LogP) is 3.80. The Kier molecular flexibility index (Phi) is 7.55. The first-order valence-electron chi connectivity index (χ1n) is 12.8. The average molecular weight is 524 g/mol. The lowest BCUT2D eigenvalue weighted by molar-refractivity contribution is 0.0957. The molecule has 2 amide bonds. The van der Waals surface area contributed by atoms with Crippen LogP contribution in [-0.2, 0) is 0 Å². The molecule has 3 aromatic heterocycles. The highest BCUT2D eigenvalue weighted by Crippen LogP contribution is 2.39. The van der Waals surface area contributed by atoms with Gasteiger partial charge in [0.25, 0.3) is 11.8 Å². The maximum absolute atomic E-state index is 13.0. The molecule has 0 spiro atoms. The van der Waals surface area contributed by atoms with Crippen LogP contribution in [0.25, 0.3) is 22.4 Å². The normalized spacial score (nSPS) is 12.6. The van der Waals surface area contributed by atoms with Crippen LogP contribution in [0.1, 0.15) is 50.9 Å². The minimum Gasteiger partial charge on any atom is -0.395 e. The molecule has 10 nitrogen and oxygen atoms in total. The third-order valence-electron chi connectivity index (χ3n) is 6.52. The van der Waals surface area contributed by atoms with Gasteiger partial charge in [0.1, 0.15) is 11.5 Å². The van der Waals surface area contributed by atoms with E-state index in [0.717, 1.165) is 35.1 Å². The zero-order chi connectivity index (χ0) is 27.4. The number of carbonyl (C=O) groups excluding carboxylic acids is 2. The number of hydrogen-bond donors (Lipinski definition) is 4. The van der Waals surface area contributed by atoms with Gasteiger partial charge in [-0.15, -0.1) is 5.10 Å². The second-order valence-electron chi connectivity index (χ2n) is 9.42. The Labute approximate surface area is 225 Å². The Bertz CT molecular complexity index is 1540. The smallest absolute Gasteiger partial charge is 0.276 e. The minimum absolute atomic E-state index is 0.0529. The summed E-state index contributed by atoms with van der Waals surface area (Å²) in [6.45, 7) is 2.26. The molecule has 0 atom stereocenters. The molecule has 1 aliphatic rings. The van der Waals surface area contributed by atoms with Crippen molar-refractivity contribution in [2.75, 3.05) is 30.8 Å². The summed E-state index contributed by atoms with van der Waals surface area (Å²) in [6, 6.07) is 14.8. The number of aliphatic hydroxyl groups excluding tert-OH is 1. The fourth-order valence-electron chi connectivity index (χ4n) is 4.29. The van der Waals surface area contributed by atoms with Gasteiger partial charge in [-0.05, 0) is 90.4 Å². The highest BCUT2D eigenvalue weighted by atomic mass is 16.3. The molecule has 3 heterocycles. The van der Waals surface area contributed by atoms with Crippen LogP contribution in [0.5, 0.6) is 0 Å². The lowest BCUT2D eigenvalue weighted by Gasteiger charge is -2.14. The number of aromatic nitrogens is 4. The van der Waals surface area contributed by atoms with Crippen molar-refractivity contribution in [1.29, 1.82) is 0 Å². The van der Waals surface area contributed by atoms with E-state index >= 15 is 0 Å². The molecule has 0 unspecified atom stereocenters. The fourth-order valence-corrected chi connectivity index (χ4v) is 4.29. The van der Waals surface area contributed by atoms with E-state index in [1.807, 2.05) is 43.3 Å². The second kappa shape index (κ2) is 11.4. The number of anilines is 2. The van der Waals surface area contributed by atoms with Crippen molar-refractivity contribution in [2.45, 2.75) is 25.7 Å². The van der Waals surface area contributed by atoms with Crippen LogP contribution in [0.2, 0.25) is 0 Å². The summed E-state index contributed by atoms with van der Waals surface area (Å²) in [6.07, 6.45) is 5.52. The Hall–Kier alpha value is -4.70. The summed E-state index contributed by atoms with van der Waals surface area (Å²) in [5.74, 6) is 0.425. The Morgan fingerprint density at radius 3 is 2.62 bits per heavy atom. The standard InChI is InChI=1S/C29H29N7O3/c1-17-3-6-22(34-29(39)26-13-21(16-33-36-26)18-4-5-18)15-23(17)20-12-24(35-27(14-20)32-9-10-37)19-7-8-31-25(11-19)28(38)30-2/h3,6-8,11-16,18,37H,4-5,9-10H2,1-2H3,(H,30,38)(H,32,35)(H,34,39). The summed E-state index contributed by atoms with van der Waals surface area (Å²) in [5, 5.41) is 26.0. The highest BCUT2D eigenvalue weighted by Gasteiger charge is 2.25. The molecule has 0 bridgehead atoms. The number of amides is 2. The number of carbonyl (C=O) groups is 2. The Balaban J connectivity index is 1.49. The summed E-state index contributed by atoms with van der Waals surface area (Å²) in [5.41, 5.74) is 6.31. The SMILES string of the molecule is CNC(=O)c1cc(-c2cc(-c3cc(NC(=O)c4cc(C5CC5)cnn4)ccc3C)cc(NCCO)n2)ccn1. The minimum atomic E-state index is -0.320. The molecule has 1 aromatic carbocycles. The second-order valence-corrected chi connectivity index (χ2v) is 9.42. The highest BCUT2D eigenvalue weighted by molar-refractivity contribution is 6.03. The number of benzene rings is 1. The van der Waals surface area contributed by atoms with Gasteiger partial charge in [0.05, 0.1) is 18.5 Å². The third kappa shape index (κ3) is 6.07. The number of aliphatic hydroxyl groups is 1. The van der Waals surface area contributed by atoms with Gasteiger partial charge < -0.3 is 21.1 Å². The fraction of sp³-hybridized carbons (Fsp3) is 0.241. The van der Waals surface area contributed by atoms with Crippen LogP contribution < -0.4 is 16.0 Å². The van der Waals surface area contributed by atoms with Gasteiger partial charge in [0, 0.05) is 31.0 Å². The van der Waals surface area contributed by atoms with E-state index in [0.29, 0.717) is 35.2 Å². The van der Waals surface area contributed by atoms with Crippen molar-refractivity contribution in [3.05, 3.63) is 83.4 Å². The zero-order valence-corrected chi connectivity index (χ0v) is 21.7. The van der Waals surface area contributed by atoms with E-state index in [9.17, 15) is 14.7 Å². The molecule has 5 rings (SSSR count). The van der Waals surface area contributed by atoms with Crippen molar-refractivity contribution >= 4 is 23.3 Å². The van der Waals surface area contributed by atoms with E-state index in [4.69, 9.17) is 4.98 Å². The van der Waals surface area contributed by atoms with Crippen LogP contribution in [0, 0.1) is 6.92 Å². The number of pyridine rings is 2. The lowest BCUT2D eigenvalue weighted by atomic mass is 9.98. The van der Waals surface area contributed by atoms with Crippen LogP contribution in [0.15, 0.2) is 60.9 Å². The van der Waals surface area contributed by atoms with Crippen molar-refractivity contribution in [3.8, 4) is 22.4 Å². The van der Waals surface area contributed by atoms with Crippen LogP contribution in [0.3, 0.4) is 0 Å². The van der Waals surface area contributed by atoms with Crippen molar-refractivity contribution in [3.63, 3.8) is 0 Å². The molecule has 0 aliphatic heterocycles. The topological polar surface area (TPSA) is 142 Å². The molecular weight excluding hydrogens is 494 g/mol. The van der Waals surface area contributed by atoms with Gasteiger partial charge in [-0.1, -0.05) is 6.07 Å². The monoisotopic (exact) mass is 523 g/mol. The summed E-state index contributed by atoms with van der Waals surface area (Å²) in [7, 11) is 1.55. The molecule has 1 fully saturated rings. The molecule has 1 aliphatic carbocycles. The number of rotatable bonds is 9. The van der Waals surface area contributed by atoms with E-state index < -0.39 is 0 Å². The van der Waals surface area contributed by atoms with E-state index in [1.165, 1.54) is 0 Å². The van der Waals surface area contributed by atoms with Crippen molar-refractivity contribution in [2.24, 2.45) is 0 Å². The molecule has 4 N–H and O–H groups in total. The van der Waals surface area contributed by atoms with Gasteiger partial charge in [-0.2, -0.15) is 5.10 Å². The van der Waals surface area contributed by atoms with Crippen molar-refractivity contribution in [1.82, 2.24) is 25.5 Å². The van der Waals surface area contributed by atoms with Crippen LogP contribution in [-0.4, -0.2) is 57.3 Å². The molecule has 0 radical (unpaired) electrons. The molecule has 1 saturated carbocycles. The van der Waals surface area contributed by atoms with E-state index in [-0.39, 0.29) is 29.8 Å². The lowest BCUT2D eigenvalue weighted by Crippen LogP contribution is -2.19. The Morgan fingerprint density at radius 2 is 1.85 bits per heavy atom. The maximum Gasteiger partial charge on any atom is 0.276 e. The molecule has 39 heavy (non-hydrogen) atoms. The number of hydrogen-bond acceptors (Lipinski definition) is 8. The van der Waals surface area contributed by atoms with Gasteiger partial charge >= 0.3 is 0 Å². The average Bonchev–Trinajstić information content (AvgIpc) is 3.82. The van der Waals surface area contributed by atoms with Crippen LogP contribution in [0.4, 0.5) is 11.5 Å². The van der Waals surface area contributed by atoms with Gasteiger partial charge in [-0.3, -0.25) is 14.6 Å². The zero-order valence-electron chi connectivity index (χ0n) is 21.7. The van der Waals surface area contributed by atoms with Gasteiger partial charge in [0.2, 0.25) is 0 Å². The maximum atomic E-state index is 13.0. The van der Waals surface area contributed by atoms with E-state index in [2.05, 4.69) is 31.1 Å². The van der Waals surface area contributed by atoms with E-state index in [1.54, 1.807) is 31.6 Å². The summed E-state index contributed by atoms with van der Waals surface area (Å²) in [4.78, 5) is 34.0. The number of nitrogens with zero attached hydrogens (tertiary/aromatic N) is 4. The molecular formula is C29H29N7O3.